The van der Waals surface area contributed by atoms with E-state index in [0.29, 0.717) is 66.8 Å². The van der Waals surface area contributed by atoms with Crippen LogP contribution in [0.3, 0.4) is 0 Å². The number of ether oxygens (including phenoxy) is 3. The first-order valence-electron chi connectivity index (χ1n) is 13.9. The van der Waals surface area contributed by atoms with Gasteiger partial charge >= 0.3 is 6.03 Å². The number of nitrogens with zero attached hydrogens (tertiary/aromatic N) is 4. The van der Waals surface area contributed by atoms with Gasteiger partial charge in [0.05, 0.1) is 23.9 Å². The molecule has 6 rings (SSSR count). The highest BCUT2D eigenvalue weighted by atomic mass is 16.5. The van der Waals surface area contributed by atoms with E-state index in [9.17, 15) is 10.1 Å². The number of nitriles is 1. The van der Waals surface area contributed by atoms with Crippen LogP contribution in [0.4, 0.5) is 16.2 Å². The number of aromatic amines is 1. The van der Waals surface area contributed by atoms with E-state index in [1.807, 2.05) is 66.9 Å². The molecule has 0 bridgehead atoms. The smallest absolute Gasteiger partial charge is 0.321 e. The highest BCUT2D eigenvalue weighted by Gasteiger charge is 2.25. The van der Waals surface area contributed by atoms with Crippen LogP contribution in [0.25, 0.3) is 21.8 Å². The van der Waals surface area contributed by atoms with Crippen molar-refractivity contribution in [3.8, 4) is 29.1 Å². The number of urea groups is 1. The van der Waals surface area contributed by atoms with E-state index in [1.165, 1.54) is 0 Å². The molecule has 0 spiro atoms. The number of pyridine rings is 1. The number of nitrogens with one attached hydrogen (secondary N) is 2. The van der Waals surface area contributed by atoms with Gasteiger partial charge in [0.25, 0.3) is 0 Å². The summed E-state index contributed by atoms with van der Waals surface area (Å²) in [7, 11) is 1.57. The predicted octanol–water partition coefficient (Wildman–Crippen LogP) is 6.31. The minimum absolute atomic E-state index is 0.184. The Morgan fingerprint density at radius 3 is 2.63 bits per heavy atom. The normalized spacial score (nSPS) is 13.0. The SMILES string of the molecule is C=CCOc1cc2ncc(C#N)c(N3CCN(C(=O)Nc4ccc(Oc5cccc6[nH]ccc56)cc4)CC3)c2cc1OC. The van der Waals surface area contributed by atoms with E-state index in [2.05, 4.69) is 32.8 Å². The van der Waals surface area contributed by atoms with Gasteiger partial charge in [-0.3, -0.25) is 4.98 Å². The second kappa shape index (κ2) is 12.0. The van der Waals surface area contributed by atoms with Crippen molar-refractivity contribution >= 4 is 39.2 Å². The van der Waals surface area contributed by atoms with Gasteiger partial charge in [0.1, 0.15) is 24.2 Å². The first-order valence-corrected chi connectivity index (χ1v) is 13.9. The number of anilines is 2. The molecule has 0 atom stereocenters. The highest BCUT2D eigenvalue weighted by molar-refractivity contribution is 5.97. The number of fused-ring (bicyclic) bond motifs is 2. The number of carbonyl (C=O) groups excluding carboxylic acids is 1. The van der Waals surface area contributed by atoms with E-state index in [4.69, 9.17) is 14.2 Å². The van der Waals surface area contributed by atoms with Crippen molar-refractivity contribution < 1.29 is 19.0 Å². The van der Waals surface area contributed by atoms with Crippen LogP contribution in [-0.2, 0) is 0 Å². The molecule has 2 aromatic heterocycles. The number of hydrogen-bond acceptors (Lipinski definition) is 7. The molecule has 43 heavy (non-hydrogen) atoms. The van der Waals surface area contributed by atoms with Crippen molar-refractivity contribution in [2.75, 3.05) is 50.1 Å². The summed E-state index contributed by atoms with van der Waals surface area (Å²) in [6, 6.07) is 20.9. The molecule has 3 aromatic carbocycles. The van der Waals surface area contributed by atoms with Crippen LogP contribution in [0.5, 0.6) is 23.0 Å². The van der Waals surface area contributed by atoms with Crippen molar-refractivity contribution in [3.05, 3.63) is 91.3 Å². The van der Waals surface area contributed by atoms with Crippen LogP contribution in [0.2, 0.25) is 0 Å². The second-order valence-corrected chi connectivity index (χ2v) is 9.98. The topological polar surface area (TPSA) is 116 Å². The van der Waals surface area contributed by atoms with Crippen LogP contribution >= 0.6 is 0 Å². The molecule has 0 radical (unpaired) electrons. The first-order chi connectivity index (χ1) is 21.1. The minimum atomic E-state index is -0.184. The molecule has 1 aliphatic rings. The van der Waals surface area contributed by atoms with Gasteiger partial charge in [-0.15, -0.1) is 0 Å². The van der Waals surface area contributed by atoms with Crippen LogP contribution < -0.4 is 24.4 Å². The van der Waals surface area contributed by atoms with Crippen molar-refractivity contribution in [2.45, 2.75) is 0 Å². The van der Waals surface area contributed by atoms with Crippen LogP contribution in [0, 0.1) is 11.3 Å². The molecule has 1 fully saturated rings. The Morgan fingerprint density at radius 2 is 1.88 bits per heavy atom. The Balaban J connectivity index is 1.12. The van der Waals surface area contributed by atoms with E-state index in [1.54, 1.807) is 24.3 Å². The summed E-state index contributed by atoms with van der Waals surface area (Å²) in [5.41, 5.74) is 3.60. The van der Waals surface area contributed by atoms with Gasteiger partial charge in [-0.05, 0) is 48.5 Å². The Kier molecular flexibility index (Phi) is 7.70. The molecule has 0 aliphatic carbocycles. The Morgan fingerprint density at radius 1 is 1.07 bits per heavy atom. The third kappa shape index (κ3) is 5.61. The summed E-state index contributed by atoms with van der Waals surface area (Å²) in [6.45, 7) is 6.10. The van der Waals surface area contributed by atoms with E-state index >= 15 is 0 Å². The van der Waals surface area contributed by atoms with Crippen molar-refractivity contribution in [3.63, 3.8) is 0 Å². The molecule has 5 aromatic rings. The zero-order chi connectivity index (χ0) is 29.8. The predicted molar refractivity (Wildman–Crippen MR) is 166 cm³/mol. The fourth-order valence-electron chi connectivity index (χ4n) is 5.24. The largest absolute Gasteiger partial charge is 0.493 e. The molecule has 2 amide bonds. The lowest BCUT2D eigenvalue weighted by atomic mass is 10.1. The molecule has 3 heterocycles. The molecule has 10 nitrogen and oxygen atoms in total. The maximum absolute atomic E-state index is 13.1. The van der Waals surface area contributed by atoms with Gasteiger partial charge < -0.3 is 34.3 Å². The molecule has 1 saturated heterocycles. The van der Waals surface area contributed by atoms with Gasteiger partial charge in [-0.1, -0.05) is 18.7 Å². The number of carbonyl (C=O) groups is 1. The average molecular weight is 575 g/mol. The van der Waals surface area contributed by atoms with Crippen LogP contribution in [0.1, 0.15) is 5.56 Å². The lowest BCUT2D eigenvalue weighted by Gasteiger charge is -2.36. The summed E-state index contributed by atoms with van der Waals surface area (Å²) in [5.74, 6) is 2.53. The Labute approximate surface area is 248 Å². The van der Waals surface area contributed by atoms with Gasteiger partial charge in [0.2, 0.25) is 0 Å². The maximum atomic E-state index is 13.1. The number of rotatable bonds is 8. The number of amides is 2. The van der Waals surface area contributed by atoms with E-state index < -0.39 is 0 Å². The lowest BCUT2D eigenvalue weighted by molar-refractivity contribution is 0.208. The molecule has 0 saturated carbocycles. The highest BCUT2D eigenvalue weighted by Crippen LogP contribution is 2.38. The Hall–Kier alpha value is -5.69. The number of benzene rings is 3. The zero-order valence-corrected chi connectivity index (χ0v) is 23.7. The van der Waals surface area contributed by atoms with Crippen LogP contribution in [0.15, 0.2) is 85.7 Å². The first kappa shape index (κ1) is 27.5. The van der Waals surface area contributed by atoms with E-state index in [-0.39, 0.29) is 6.03 Å². The third-order valence-corrected chi connectivity index (χ3v) is 7.37. The number of piperazine rings is 1. The quantitative estimate of drug-likeness (QED) is 0.209. The fraction of sp³-hybridized carbons (Fsp3) is 0.182. The second-order valence-electron chi connectivity index (χ2n) is 9.98. The molecule has 216 valence electrons. The third-order valence-electron chi connectivity index (χ3n) is 7.37. The number of methoxy groups -OCH3 is 1. The molecule has 0 unspecified atom stereocenters. The van der Waals surface area contributed by atoms with Gasteiger partial charge in [-0.25, -0.2) is 4.79 Å². The molecular weight excluding hydrogens is 544 g/mol. The fourth-order valence-corrected chi connectivity index (χ4v) is 5.24. The standard InChI is InChI=1S/C33H30N6O4/c1-3-17-42-31-19-28-26(18-30(31)41-2)32(22(20-34)21-36-28)38-13-15-39(16-14-38)33(40)37-23-7-9-24(10-8-23)43-29-6-4-5-27-25(29)11-12-35-27/h3-12,18-19,21,35H,1,13-17H2,2H3,(H,37,40). The Bertz CT molecular complexity index is 1830. The number of H-pyrrole nitrogens is 1. The summed E-state index contributed by atoms with van der Waals surface area (Å²) in [6.07, 6.45) is 5.12. The number of hydrogen-bond donors (Lipinski definition) is 2. The van der Waals surface area contributed by atoms with Crippen molar-refractivity contribution in [1.82, 2.24) is 14.9 Å². The summed E-state index contributed by atoms with van der Waals surface area (Å²) >= 11 is 0. The zero-order valence-electron chi connectivity index (χ0n) is 23.7. The van der Waals surface area contributed by atoms with Gasteiger partial charge in [0, 0.05) is 66.6 Å². The average Bonchev–Trinajstić information content (AvgIpc) is 3.54. The minimum Gasteiger partial charge on any atom is -0.493 e. The lowest BCUT2D eigenvalue weighted by Crippen LogP contribution is -2.50. The number of aromatic nitrogens is 2. The monoisotopic (exact) mass is 574 g/mol. The van der Waals surface area contributed by atoms with Crippen molar-refractivity contribution in [1.29, 1.82) is 5.26 Å². The molecule has 1 aliphatic heterocycles. The summed E-state index contributed by atoms with van der Waals surface area (Å²) < 4.78 is 17.4. The summed E-state index contributed by atoms with van der Waals surface area (Å²) in [4.78, 5) is 24.7. The molecule has 2 N–H and O–H groups in total. The van der Waals surface area contributed by atoms with Gasteiger partial charge in [-0.2, -0.15) is 5.26 Å². The van der Waals surface area contributed by atoms with Crippen LogP contribution in [-0.4, -0.2) is 60.8 Å². The van der Waals surface area contributed by atoms with E-state index in [0.717, 1.165) is 27.7 Å². The van der Waals surface area contributed by atoms with Crippen molar-refractivity contribution in [2.24, 2.45) is 0 Å². The molecule has 10 heteroatoms. The maximum Gasteiger partial charge on any atom is 0.321 e. The van der Waals surface area contributed by atoms with Gasteiger partial charge in [0.15, 0.2) is 11.5 Å². The summed E-state index contributed by atoms with van der Waals surface area (Å²) in [5, 5.41) is 14.7. The molecular formula is C33H30N6O4.